The monoisotopic (exact) mass is 239 g/mol. The average Bonchev–Trinajstić information content (AvgIpc) is 2.29. The molecule has 1 aromatic rings. The van der Waals surface area contributed by atoms with E-state index in [1.54, 1.807) is 6.07 Å². The number of hydrogen-bond acceptors (Lipinski definition) is 4. The number of rotatable bonds is 5. The third-order valence-corrected chi connectivity index (χ3v) is 2.28. The van der Waals surface area contributed by atoms with E-state index >= 15 is 0 Å². The lowest BCUT2D eigenvalue weighted by molar-refractivity contribution is -0.384. The average molecular weight is 239 g/mol. The van der Waals surface area contributed by atoms with Crippen LogP contribution < -0.4 is 4.74 Å². The van der Waals surface area contributed by atoms with Crippen LogP contribution in [0.5, 0.6) is 5.75 Å². The van der Waals surface area contributed by atoms with Crippen LogP contribution in [0.2, 0.25) is 0 Å². The van der Waals surface area contributed by atoms with Gasteiger partial charge in [0.15, 0.2) is 0 Å². The van der Waals surface area contributed by atoms with Crippen LogP contribution in [0.15, 0.2) is 24.3 Å². The molecule has 0 aliphatic rings. The van der Waals surface area contributed by atoms with Gasteiger partial charge in [0.1, 0.15) is 5.75 Å². The fourth-order valence-electron chi connectivity index (χ4n) is 1.24. The first-order valence-corrected chi connectivity index (χ1v) is 5.42. The number of ether oxygens (including phenoxy) is 1. The van der Waals surface area contributed by atoms with E-state index < -0.39 is 4.92 Å². The van der Waals surface area contributed by atoms with Gasteiger partial charge >= 0.3 is 0 Å². The highest BCUT2D eigenvalue weighted by Gasteiger charge is 2.09. The number of nitro benzene ring substituents is 1. The summed E-state index contributed by atoms with van der Waals surface area (Å²) in [6.07, 6.45) is 4.68. The zero-order valence-corrected chi connectivity index (χ0v) is 9.81. The Morgan fingerprint density at radius 3 is 2.88 bits per heavy atom. The van der Waals surface area contributed by atoms with Gasteiger partial charge in [-0.25, -0.2) is 0 Å². The summed E-state index contributed by atoms with van der Waals surface area (Å²) >= 11 is 4.09. The molecule has 5 heteroatoms. The van der Waals surface area contributed by atoms with Crippen LogP contribution >= 0.6 is 12.6 Å². The van der Waals surface area contributed by atoms with Gasteiger partial charge in [-0.15, -0.1) is 0 Å². The van der Waals surface area contributed by atoms with Crippen molar-refractivity contribution in [1.29, 1.82) is 0 Å². The Bertz CT molecular complexity index is 404. The van der Waals surface area contributed by atoms with Crippen LogP contribution in [0.1, 0.15) is 12.0 Å². The van der Waals surface area contributed by atoms with E-state index in [0.29, 0.717) is 5.75 Å². The minimum Gasteiger partial charge on any atom is -0.496 e. The number of allylic oxidation sites excluding steroid dienone is 1. The summed E-state index contributed by atoms with van der Waals surface area (Å²) in [6.45, 7) is 0. The molecule has 4 nitrogen and oxygen atoms in total. The lowest BCUT2D eigenvalue weighted by Crippen LogP contribution is -1.91. The maximum absolute atomic E-state index is 10.6. The van der Waals surface area contributed by atoms with Crippen LogP contribution in [0.4, 0.5) is 5.69 Å². The molecule has 0 heterocycles. The first-order chi connectivity index (χ1) is 7.69. The van der Waals surface area contributed by atoms with E-state index in [0.717, 1.165) is 17.7 Å². The number of methoxy groups -OCH3 is 1. The van der Waals surface area contributed by atoms with Crippen molar-refractivity contribution < 1.29 is 9.66 Å². The van der Waals surface area contributed by atoms with Gasteiger partial charge in [0.2, 0.25) is 0 Å². The highest BCUT2D eigenvalue weighted by Crippen LogP contribution is 2.25. The molecule has 0 radical (unpaired) electrons. The molecule has 0 spiro atoms. The predicted octanol–water partition coefficient (Wildman–Crippen LogP) is 2.94. The molecular weight excluding hydrogens is 226 g/mol. The van der Waals surface area contributed by atoms with Crippen molar-refractivity contribution in [2.45, 2.75) is 6.42 Å². The molecule has 0 N–H and O–H groups in total. The van der Waals surface area contributed by atoms with Crippen molar-refractivity contribution in [2.75, 3.05) is 12.9 Å². The zero-order valence-electron chi connectivity index (χ0n) is 8.92. The first kappa shape index (κ1) is 12.6. The lowest BCUT2D eigenvalue weighted by atomic mass is 10.1. The molecule has 0 aliphatic heterocycles. The Morgan fingerprint density at radius 2 is 2.31 bits per heavy atom. The van der Waals surface area contributed by atoms with E-state index in [4.69, 9.17) is 4.74 Å². The molecule has 0 unspecified atom stereocenters. The van der Waals surface area contributed by atoms with Gasteiger partial charge in [0.25, 0.3) is 5.69 Å². The molecule has 1 rings (SSSR count). The van der Waals surface area contributed by atoms with Gasteiger partial charge in [-0.1, -0.05) is 12.2 Å². The highest BCUT2D eigenvalue weighted by atomic mass is 32.1. The van der Waals surface area contributed by atoms with Crippen LogP contribution in [-0.2, 0) is 0 Å². The topological polar surface area (TPSA) is 52.4 Å². The minimum absolute atomic E-state index is 0.0307. The minimum atomic E-state index is -0.441. The summed E-state index contributed by atoms with van der Waals surface area (Å²) < 4.78 is 5.09. The van der Waals surface area contributed by atoms with Gasteiger partial charge in [-0.2, -0.15) is 12.6 Å². The second kappa shape index (κ2) is 6.17. The molecule has 0 atom stereocenters. The summed E-state index contributed by atoms with van der Waals surface area (Å²) in [7, 11) is 1.50. The number of non-ortho nitro benzene ring substituents is 1. The Morgan fingerprint density at radius 1 is 1.56 bits per heavy atom. The predicted molar refractivity (Wildman–Crippen MR) is 67.2 cm³/mol. The summed E-state index contributed by atoms with van der Waals surface area (Å²) in [5.74, 6) is 1.27. The smallest absolute Gasteiger partial charge is 0.273 e. The molecule has 0 saturated carbocycles. The van der Waals surface area contributed by atoms with Crippen molar-refractivity contribution >= 4 is 24.4 Å². The van der Waals surface area contributed by atoms with E-state index in [1.165, 1.54) is 19.2 Å². The number of benzene rings is 1. The molecule has 0 aromatic heterocycles. The second-order valence-electron chi connectivity index (χ2n) is 3.10. The maximum atomic E-state index is 10.6. The fraction of sp³-hybridized carbons (Fsp3) is 0.273. The Labute approximate surface area is 99.5 Å². The van der Waals surface area contributed by atoms with E-state index in [2.05, 4.69) is 12.6 Å². The number of nitrogens with zero attached hydrogens (tertiary/aromatic N) is 1. The van der Waals surface area contributed by atoms with Crippen LogP contribution in [0.3, 0.4) is 0 Å². The SMILES string of the molecule is COc1cc([N+](=O)[O-])ccc1C=CCCS. The lowest BCUT2D eigenvalue weighted by Gasteiger charge is -2.03. The summed E-state index contributed by atoms with van der Waals surface area (Å²) in [6, 6.07) is 4.55. The Hall–Kier alpha value is -1.49. The third-order valence-electron chi connectivity index (χ3n) is 2.02. The molecular formula is C11H13NO3S. The zero-order chi connectivity index (χ0) is 12.0. The van der Waals surface area contributed by atoms with E-state index in [1.807, 2.05) is 12.2 Å². The van der Waals surface area contributed by atoms with Crippen molar-refractivity contribution in [2.24, 2.45) is 0 Å². The van der Waals surface area contributed by atoms with Crippen LogP contribution in [-0.4, -0.2) is 17.8 Å². The number of nitro groups is 1. The quantitative estimate of drug-likeness (QED) is 0.488. The van der Waals surface area contributed by atoms with Crippen molar-refractivity contribution in [3.8, 4) is 5.75 Å². The van der Waals surface area contributed by atoms with Crippen LogP contribution in [0, 0.1) is 10.1 Å². The second-order valence-corrected chi connectivity index (χ2v) is 3.55. The summed E-state index contributed by atoms with van der Waals surface area (Å²) in [5, 5.41) is 10.6. The Kier molecular flexibility index (Phi) is 4.85. The van der Waals surface area contributed by atoms with E-state index in [9.17, 15) is 10.1 Å². The third kappa shape index (κ3) is 3.27. The standard InChI is InChI=1S/C11H13NO3S/c1-15-11-8-10(12(13)14)6-5-9(11)4-2-3-7-16/h2,4-6,8,16H,3,7H2,1H3. The molecule has 86 valence electrons. The largest absolute Gasteiger partial charge is 0.496 e. The summed E-state index contributed by atoms with van der Waals surface area (Å²) in [4.78, 5) is 10.1. The van der Waals surface area contributed by atoms with Crippen molar-refractivity contribution in [1.82, 2.24) is 0 Å². The number of hydrogen-bond donors (Lipinski definition) is 1. The molecule has 0 amide bonds. The molecule has 1 aromatic carbocycles. The summed E-state index contributed by atoms with van der Waals surface area (Å²) in [5.41, 5.74) is 0.859. The molecule has 0 aliphatic carbocycles. The van der Waals surface area contributed by atoms with Gasteiger partial charge in [0.05, 0.1) is 18.1 Å². The molecule has 16 heavy (non-hydrogen) atoms. The maximum Gasteiger partial charge on any atom is 0.273 e. The van der Waals surface area contributed by atoms with Gasteiger partial charge < -0.3 is 4.74 Å². The van der Waals surface area contributed by atoms with Gasteiger partial charge in [0, 0.05) is 11.6 Å². The first-order valence-electron chi connectivity index (χ1n) is 4.79. The van der Waals surface area contributed by atoms with Crippen molar-refractivity contribution in [3.63, 3.8) is 0 Å². The Balaban J connectivity index is 2.97. The normalized spacial score (nSPS) is 10.6. The van der Waals surface area contributed by atoms with Crippen LogP contribution in [0.25, 0.3) is 6.08 Å². The highest BCUT2D eigenvalue weighted by molar-refractivity contribution is 7.80. The molecule has 0 fully saturated rings. The van der Waals surface area contributed by atoms with Gasteiger partial charge in [-0.05, 0) is 18.2 Å². The van der Waals surface area contributed by atoms with E-state index in [-0.39, 0.29) is 5.69 Å². The van der Waals surface area contributed by atoms with Crippen molar-refractivity contribution in [3.05, 3.63) is 40.0 Å². The molecule has 0 saturated heterocycles. The fourth-order valence-corrected chi connectivity index (χ4v) is 1.38. The molecule has 0 bridgehead atoms. The van der Waals surface area contributed by atoms with Gasteiger partial charge in [-0.3, -0.25) is 10.1 Å². The number of thiol groups is 1.